The predicted octanol–water partition coefficient (Wildman–Crippen LogP) is 1.68. The van der Waals surface area contributed by atoms with Crippen LogP contribution in [0.5, 0.6) is 0 Å². The van der Waals surface area contributed by atoms with Gasteiger partial charge >= 0.3 is 0 Å². The van der Waals surface area contributed by atoms with E-state index in [0.29, 0.717) is 12.5 Å². The molecular weight excluding hydrogens is 128 g/mol. The van der Waals surface area contributed by atoms with Gasteiger partial charge < -0.3 is 9.84 Å². The quantitative estimate of drug-likeness (QED) is 0.657. The molecule has 0 aromatic heterocycles. The number of hydrogen-bond acceptors (Lipinski definition) is 2. The highest BCUT2D eigenvalue weighted by Crippen LogP contribution is 2.04. The molecule has 10 heavy (non-hydrogen) atoms. The Morgan fingerprint density at radius 2 is 1.90 bits per heavy atom. The number of aliphatic hydroxyl groups is 1. The first kappa shape index (κ1) is 12.6. The SMILES string of the molecule is C.COCCC(O)C(C)C. The molecule has 0 amide bonds. The average molecular weight is 148 g/mol. The fraction of sp³-hybridized carbons (Fsp3) is 1.00. The van der Waals surface area contributed by atoms with Crippen molar-refractivity contribution in [3.8, 4) is 0 Å². The summed E-state index contributed by atoms with van der Waals surface area (Å²) >= 11 is 0. The first-order chi connectivity index (χ1) is 4.18. The summed E-state index contributed by atoms with van der Waals surface area (Å²) in [5.41, 5.74) is 0. The van der Waals surface area contributed by atoms with Crippen molar-refractivity contribution in [3.63, 3.8) is 0 Å². The van der Waals surface area contributed by atoms with Crippen molar-refractivity contribution < 1.29 is 9.84 Å². The van der Waals surface area contributed by atoms with Crippen LogP contribution in [0.2, 0.25) is 0 Å². The Morgan fingerprint density at radius 1 is 1.40 bits per heavy atom. The van der Waals surface area contributed by atoms with Crippen LogP contribution in [0.3, 0.4) is 0 Å². The van der Waals surface area contributed by atoms with Crippen LogP contribution in [0.4, 0.5) is 0 Å². The Kier molecular flexibility index (Phi) is 8.85. The summed E-state index contributed by atoms with van der Waals surface area (Å²) in [6.07, 6.45) is 0.540. The average Bonchev–Trinajstić information content (AvgIpc) is 1.82. The van der Waals surface area contributed by atoms with Gasteiger partial charge in [0.2, 0.25) is 0 Å². The lowest BCUT2D eigenvalue weighted by Gasteiger charge is -2.12. The number of ether oxygens (including phenoxy) is 1. The van der Waals surface area contributed by atoms with E-state index in [0.717, 1.165) is 6.42 Å². The molecule has 0 spiro atoms. The molecule has 0 heterocycles. The minimum absolute atomic E-state index is 0. The molecule has 0 aliphatic carbocycles. The molecule has 0 bridgehead atoms. The normalized spacial score (nSPS) is 12.9. The smallest absolute Gasteiger partial charge is 0.0585 e. The molecule has 0 rings (SSSR count). The van der Waals surface area contributed by atoms with E-state index in [-0.39, 0.29) is 13.5 Å². The molecule has 2 nitrogen and oxygen atoms in total. The molecule has 0 aliphatic heterocycles. The number of aliphatic hydroxyl groups excluding tert-OH is 1. The highest BCUT2D eigenvalue weighted by atomic mass is 16.5. The third kappa shape index (κ3) is 6.05. The second-order valence-corrected chi connectivity index (χ2v) is 2.59. The molecule has 1 unspecified atom stereocenters. The zero-order chi connectivity index (χ0) is 7.28. The van der Waals surface area contributed by atoms with Gasteiger partial charge in [-0.2, -0.15) is 0 Å². The Labute approximate surface area is 64.2 Å². The summed E-state index contributed by atoms with van der Waals surface area (Å²) in [7, 11) is 1.65. The Morgan fingerprint density at radius 3 is 2.20 bits per heavy atom. The maximum absolute atomic E-state index is 9.18. The van der Waals surface area contributed by atoms with Gasteiger partial charge in [0, 0.05) is 13.7 Å². The maximum Gasteiger partial charge on any atom is 0.0585 e. The van der Waals surface area contributed by atoms with Gasteiger partial charge in [-0.05, 0) is 12.3 Å². The van der Waals surface area contributed by atoms with Gasteiger partial charge in [-0.25, -0.2) is 0 Å². The van der Waals surface area contributed by atoms with Gasteiger partial charge in [0.05, 0.1) is 6.10 Å². The third-order valence-corrected chi connectivity index (χ3v) is 1.39. The van der Waals surface area contributed by atoms with E-state index < -0.39 is 0 Å². The fourth-order valence-electron chi connectivity index (χ4n) is 0.572. The Hall–Kier alpha value is -0.0800. The first-order valence-electron chi connectivity index (χ1n) is 3.35. The summed E-state index contributed by atoms with van der Waals surface area (Å²) in [6.45, 7) is 4.65. The van der Waals surface area contributed by atoms with E-state index in [1.54, 1.807) is 7.11 Å². The van der Waals surface area contributed by atoms with E-state index in [1.165, 1.54) is 0 Å². The number of methoxy groups -OCH3 is 1. The standard InChI is InChI=1S/C7H16O2.CH4/c1-6(2)7(8)4-5-9-3;/h6-8H,4-5H2,1-3H3;1H4. The van der Waals surface area contributed by atoms with Crippen LogP contribution in [-0.2, 0) is 4.74 Å². The van der Waals surface area contributed by atoms with Crippen LogP contribution >= 0.6 is 0 Å². The van der Waals surface area contributed by atoms with Crippen molar-refractivity contribution in [2.75, 3.05) is 13.7 Å². The van der Waals surface area contributed by atoms with Crippen LogP contribution in [0.25, 0.3) is 0 Å². The monoisotopic (exact) mass is 148 g/mol. The summed E-state index contributed by atoms with van der Waals surface area (Å²) in [6, 6.07) is 0. The van der Waals surface area contributed by atoms with E-state index in [1.807, 2.05) is 13.8 Å². The molecule has 0 aromatic carbocycles. The van der Waals surface area contributed by atoms with Crippen LogP contribution in [0.15, 0.2) is 0 Å². The lowest BCUT2D eigenvalue weighted by Crippen LogP contribution is -2.16. The largest absolute Gasteiger partial charge is 0.393 e. The van der Waals surface area contributed by atoms with Gasteiger partial charge in [0.25, 0.3) is 0 Å². The molecule has 0 radical (unpaired) electrons. The van der Waals surface area contributed by atoms with Gasteiger partial charge in [-0.15, -0.1) is 0 Å². The van der Waals surface area contributed by atoms with Crippen LogP contribution < -0.4 is 0 Å². The predicted molar refractivity (Wildman–Crippen MR) is 44.1 cm³/mol. The van der Waals surface area contributed by atoms with E-state index >= 15 is 0 Å². The first-order valence-corrected chi connectivity index (χ1v) is 3.35. The summed E-state index contributed by atoms with van der Waals surface area (Å²) in [5, 5.41) is 9.18. The van der Waals surface area contributed by atoms with Crippen molar-refractivity contribution >= 4 is 0 Å². The zero-order valence-electron chi connectivity index (χ0n) is 6.42. The molecule has 0 fully saturated rings. The van der Waals surface area contributed by atoms with Crippen molar-refractivity contribution in [3.05, 3.63) is 0 Å². The van der Waals surface area contributed by atoms with Crippen molar-refractivity contribution in [2.24, 2.45) is 5.92 Å². The van der Waals surface area contributed by atoms with Gasteiger partial charge in [0.15, 0.2) is 0 Å². The minimum Gasteiger partial charge on any atom is -0.393 e. The van der Waals surface area contributed by atoms with Gasteiger partial charge in [-0.3, -0.25) is 0 Å². The zero-order valence-corrected chi connectivity index (χ0v) is 6.42. The maximum atomic E-state index is 9.18. The Bertz CT molecular complexity index is 62.3. The van der Waals surface area contributed by atoms with E-state index in [9.17, 15) is 5.11 Å². The molecule has 0 saturated heterocycles. The molecule has 1 atom stereocenters. The highest BCUT2D eigenvalue weighted by molar-refractivity contribution is 4.57. The van der Waals surface area contributed by atoms with E-state index in [4.69, 9.17) is 4.74 Å². The van der Waals surface area contributed by atoms with Crippen LogP contribution in [0.1, 0.15) is 27.7 Å². The van der Waals surface area contributed by atoms with E-state index in [2.05, 4.69) is 0 Å². The topological polar surface area (TPSA) is 29.5 Å². The van der Waals surface area contributed by atoms with Gasteiger partial charge in [-0.1, -0.05) is 21.3 Å². The third-order valence-electron chi connectivity index (χ3n) is 1.39. The second kappa shape index (κ2) is 7.03. The molecular formula is C8H20O2. The molecule has 0 aliphatic rings. The van der Waals surface area contributed by atoms with Crippen molar-refractivity contribution in [1.29, 1.82) is 0 Å². The summed E-state index contributed by atoms with van der Waals surface area (Å²) < 4.78 is 4.80. The van der Waals surface area contributed by atoms with Crippen LogP contribution in [-0.4, -0.2) is 24.9 Å². The van der Waals surface area contributed by atoms with Crippen molar-refractivity contribution in [2.45, 2.75) is 33.8 Å². The lowest BCUT2D eigenvalue weighted by atomic mass is 10.1. The highest BCUT2D eigenvalue weighted by Gasteiger charge is 2.06. The summed E-state index contributed by atoms with van der Waals surface area (Å²) in [5.74, 6) is 0.347. The molecule has 1 N–H and O–H groups in total. The minimum atomic E-state index is -0.204. The second-order valence-electron chi connectivity index (χ2n) is 2.59. The van der Waals surface area contributed by atoms with Gasteiger partial charge in [0.1, 0.15) is 0 Å². The molecule has 2 heteroatoms. The number of hydrogen-bond donors (Lipinski definition) is 1. The summed E-state index contributed by atoms with van der Waals surface area (Å²) in [4.78, 5) is 0. The molecule has 64 valence electrons. The lowest BCUT2D eigenvalue weighted by molar-refractivity contribution is 0.0784. The Balaban J connectivity index is 0. The van der Waals surface area contributed by atoms with Crippen LogP contribution in [0, 0.1) is 5.92 Å². The fourth-order valence-corrected chi connectivity index (χ4v) is 0.572. The molecule has 0 saturated carbocycles. The number of rotatable bonds is 4. The molecule has 0 aromatic rings. The van der Waals surface area contributed by atoms with Crippen molar-refractivity contribution in [1.82, 2.24) is 0 Å².